The third kappa shape index (κ3) is 2.51. The SMILES string of the molecule is C=C(c1cc[c]cc1)c1ccccc1S(C)(=O)=O. The van der Waals surface area contributed by atoms with Crippen LogP contribution in [0.5, 0.6) is 0 Å². The van der Waals surface area contributed by atoms with E-state index in [-0.39, 0.29) is 0 Å². The van der Waals surface area contributed by atoms with Gasteiger partial charge in [0.2, 0.25) is 0 Å². The fraction of sp³-hybridized carbons (Fsp3) is 0.0667. The minimum atomic E-state index is -3.26. The molecule has 0 aromatic heterocycles. The van der Waals surface area contributed by atoms with Crippen LogP contribution in [0.3, 0.4) is 0 Å². The maximum atomic E-state index is 11.7. The van der Waals surface area contributed by atoms with E-state index in [4.69, 9.17) is 0 Å². The highest BCUT2D eigenvalue weighted by Crippen LogP contribution is 2.27. The van der Waals surface area contributed by atoms with E-state index < -0.39 is 9.84 Å². The Morgan fingerprint density at radius 3 is 2.33 bits per heavy atom. The molecule has 0 aliphatic rings. The maximum absolute atomic E-state index is 11.7. The quantitative estimate of drug-likeness (QED) is 0.847. The molecule has 1 radical (unpaired) electrons. The summed E-state index contributed by atoms with van der Waals surface area (Å²) in [6.07, 6.45) is 1.21. The van der Waals surface area contributed by atoms with Gasteiger partial charge in [0.25, 0.3) is 0 Å². The molecule has 0 unspecified atom stereocenters. The lowest BCUT2D eigenvalue weighted by molar-refractivity contribution is 0.601. The second-order valence-corrected chi connectivity index (χ2v) is 6.02. The molecule has 2 aromatic carbocycles. The second kappa shape index (κ2) is 4.78. The average Bonchev–Trinajstić information content (AvgIpc) is 2.38. The van der Waals surface area contributed by atoms with Gasteiger partial charge in [0.15, 0.2) is 9.84 Å². The van der Waals surface area contributed by atoms with Crippen LogP contribution in [0.25, 0.3) is 5.57 Å². The fourth-order valence-electron chi connectivity index (χ4n) is 1.78. The Hall–Kier alpha value is -1.87. The Kier molecular flexibility index (Phi) is 3.34. The summed E-state index contributed by atoms with van der Waals surface area (Å²) >= 11 is 0. The molecule has 0 fully saturated rings. The van der Waals surface area contributed by atoms with Crippen molar-refractivity contribution in [3.05, 3.63) is 72.3 Å². The Morgan fingerprint density at radius 1 is 1.11 bits per heavy atom. The average molecular weight is 257 g/mol. The van der Waals surface area contributed by atoms with E-state index in [1.165, 1.54) is 6.26 Å². The molecule has 0 aliphatic heterocycles. The molecular weight excluding hydrogens is 244 g/mol. The first-order valence-corrected chi connectivity index (χ1v) is 7.34. The van der Waals surface area contributed by atoms with E-state index in [1.807, 2.05) is 18.2 Å². The standard InChI is InChI=1S/C15H13O2S/c1-12(13-8-4-3-5-9-13)14-10-6-7-11-15(14)18(2,16)17/h4-11H,1H2,2H3. The van der Waals surface area contributed by atoms with Crippen molar-refractivity contribution in [3.63, 3.8) is 0 Å². The second-order valence-electron chi connectivity index (χ2n) is 4.04. The summed E-state index contributed by atoms with van der Waals surface area (Å²) in [6.45, 7) is 3.99. The number of rotatable bonds is 3. The number of hydrogen-bond acceptors (Lipinski definition) is 2. The molecule has 0 spiro atoms. The Labute approximate surface area is 108 Å². The van der Waals surface area contributed by atoms with Crippen LogP contribution < -0.4 is 0 Å². The summed E-state index contributed by atoms with van der Waals surface area (Å²) in [5.41, 5.74) is 2.24. The van der Waals surface area contributed by atoms with Crippen LogP contribution in [0.2, 0.25) is 0 Å². The Bertz CT molecular complexity index is 671. The molecule has 91 valence electrons. The molecule has 3 heteroatoms. The molecule has 0 bridgehead atoms. The Balaban J connectivity index is 2.57. The first-order chi connectivity index (χ1) is 8.50. The third-order valence-corrected chi connectivity index (χ3v) is 3.83. The van der Waals surface area contributed by atoms with Crippen molar-refractivity contribution < 1.29 is 8.42 Å². The van der Waals surface area contributed by atoms with Gasteiger partial charge < -0.3 is 0 Å². The van der Waals surface area contributed by atoms with Gasteiger partial charge in [-0.3, -0.25) is 0 Å². The highest BCUT2D eigenvalue weighted by Gasteiger charge is 2.15. The van der Waals surface area contributed by atoms with Crippen molar-refractivity contribution in [1.29, 1.82) is 0 Å². The van der Waals surface area contributed by atoms with E-state index in [1.54, 1.807) is 30.3 Å². The van der Waals surface area contributed by atoms with Gasteiger partial charge in [-0.15, -0.1) is 0 Å². The first kappa shape index (κ1) is 12.6. The lowest BCUT2D eigenvalue weighted by atomic mass is 10.00. The normalized spacial score (nSPS) is 11.2. The fourth-order valence-corrected chi connectivity index (χ4v) is 2.70. The highest BCUT2D eigenvalue weighted by atomic mass is 32.2. The molecule has 0 heterocycles. The summed E-state index contributed by atoms with van der Waals surface area (Å²) in [6, 6.07) is 17.1. The van der Waals surface area contributed by atoms with Gasteiger partial charge in [-0.1, -0.05) is 49.0 Å². The molecular formula is C15H13O2S. The zero-order valence-corrected chi connectivity index (χ0v) is 10.9. The number of sulfone groups is 1. The third-order valence-electron chi connectivity index (χ3n) is 2.68. The predicted molar refractivity (Wildman–Crippen MR) is 73.0 cm³/mol. The van der Waals surface area contributed by atoms with E-state index in [9.17, 15) is 8.42 Å². The van der Waals surface area contributed by atoms with Crippen molar-refractivity contribution in [2.75, 3.05) is 6.26 Å². The molecule has 2 aromatic rings. The van der Waals surface area contributed by atoms with Crippen molar-refractivity contribution in [2.45, 2.75) is 4.90 Å². The van der Waals surface area contributed by atoms with Crippen molar-refractivity contribution in [3.8, 4) is 0 Å². The molecule has 2 rings (SSSR count). The Morgan fingerprint density at radius 2 is 1.72 bits per heavy atom. The van der Waals surface area contributed by atoms with Gasteiger partial charge in [-0.25, -0.2) is 8.42 Å². The largest absolute Gasteiger partial charge is 0.224 e. The lowest BCUT2D eigenvalue weighted by Gasteiger charge is -2.10. The summed E-state index contributed by atoms with van der Waals surface area (Å²) in [7, 11) is -3.26. The van der Waals surface area contributed by atoms with Gasteiger partial charge >= 0.3 is 0 Å². The summed E-state index contributed by atoms with van der Waals surface area (Å²) in [4.78, 5) is 0.308. The minimum Gasteiger partial charge on any atom is -0.224 e. The van der Waals surface area contributed by atoms with Gasteiger partial charge in [0, 0.05) is 11.8 Å². The van der Waals surface area contributed by atoms with Gasteiger partial charge in [0.1, 0.15) is 0 Å². The lowest BCUT2D eigenvalue weighted by Crippen LogP contribution is -2.02. The van der Waals surface area contributed by atoms with Crippen LogP contribution >= 0.6 is 0 Å². The van der Waals surface area contributed by atoms with E-state index >= 15 is 0 Å². The first-order valence-electron chi connectivity index (χ1n) is 5.45. The number of hydrogen-bond donors (Lipinski definition) is 0. The van der Waals surface area contributed by atoms with Gasteiger partial charge in [-0.2, -0.15) is 0 Å². The minimum absolute atomic E-state index is 0.308. The van der Waals surface area contributed by atoms with Crippen molar-refractivity contribution >= 4 is 15.4 Å². The van der Waals surface area contributed by atoms with Gasteiger partial charge in [-0.05, 0) is 23.3 Å². The van der Waals surface area contributed by atoms with E-state index in [2.05, 4.69) is 12.6 Å². The van der Waals surface area contributed by atoms with Crippen LogP contribution in [-0.2, 0) is 9.84 Å². The van der Waals surface area contributed by atoms with Crippen LogP contribution in [0.15, 0.2) is 60.0 Å². The van der Waals surface area contributed by atoms with Gasteiger partial charge in [0.05, 0.1) is 4.90 Å². The monoisotopic (exact) mass is 257 g/mol. The van der Waals surface area contributed by atoms with Crippen LogP contribution in [-0.4, -0.2) is 14.7 Å². The summed E-state index contributed by atoms with van der Waals surface area (Å²) in [5.74, 6) is 0. The zero-order chi connectivity index (χ0) is 13.2. The molecule has 0 aliphatic carbocycles. The van der Waals surface area contributed by atoms with Crippen molar-refractivity contribution in [1.82, 2.24) is 0 Å². The molecule has 0 N–H and O–H groups in total. The molecule has 0 atom stereocenters. The predicted octanol–water partition coefficient (Wildman–Crippen LogP) is 2.95. The molecule has 0 saturated heterocycles. The molecule has 18 heavy (non-hydrogen) atoms. The maximum Gasteiger partial charge on any atom is 0.176 e. The number of benzene rings is 2. The molecule has 0 amide bonds. The van der Waals surface area contributed by atoms with Crippen LogP contribution in [0.1, 0.15) is 11.1 Å². The molecule has 0 saturated carbocycles. The van der Waals surface area contributed by atoms with Crippen LogP contribution in [0.4, 0.5) is 0 Å². The van der Waals surface area contributed by atoms with E-state index in [0.29, 0.717) is 16.0 Å². The highest BCUT2D eigenvalue weighted by molar-refractivity contribution is 7.90. The van der Waals surface area contributed by atoms with Crippen LogP contribution in [0, 0.1) is 6.07 Å². The van der Waals surface area contributed by atoms with Crippen molar-refractivity contribution in [2.24, 2.45) is 0 Å². The summed E-state index contributed by atoms with van der Waals surface area (Å²) in [5, 5.41) is 0. The summed E-state index contributed by atoms with van der Waals surface area (Å²) < 4.78 is 23.5. The zero-order valence-electron chi connectivity index (χ0n) is 10.1. The smallest absolute Gasteiger partial charge is 0.176 e. The topological polar surface area (TPSA) is 34.1 Å². The molecule has 2 nitrogen and oxygen atoms in total. The van der Waals surface area contributed by atoms with E-state index in [0.717, 1.165) is 5.56 Å².